The normalized spacial score (nSPS) is 15.7. The van der Waals surface area contributed by atoms with E-state index in [1.54, 1.807) is 4.90 Å². The first kappa shape index (κ1) is 18.1. The number of piperazine rings is 1. The van der Waals surface area contributed by atoms with Gasteiger partial charge in [0.15, 0.2) is 0 Å². The fourth-order valence-electron chi connectivity index (χ4n) is 3.66. The summed E-state index contributed by atoms with van der Waals surface area (Å²) in [6, 6.07) is 23.1. The van der Waals surface area contributed by atoms with E-state index in [-0.39, 0.29) is 0 Å². The molecule has 0 saturated carbocycles. The first-order chi connectivity index (χ1) is 13.2. The quantitative estimate of drug-likeness (QED) is 0.709. The SMILES string of the molecule is C=C(NN1CC[NH+](Cc2ccccc2Cl)CC1)c1ccc2ccccc2c1. The summed E-state index contributed by atoms with van der Waals surface area (Å²) < 4.78 is 0. The maximum atomic E-state index is 6.30. The van der Waals surface area contributed by atoms with Crippen molar-refractivity contribution in [1.82, 2.24) is 10.4 Å². The topological polar surface area (TPSA) is 19.7 Å². The second kappa shape index (κ2) is 8.13. The van der Waals surface area contributed by atoms with Crippen LogP contribution in [0.25, 0.3) is 16.5 Å². The van der Waals surface area contributed by atoms with E-state index in [0.717, 1.165) is 49.0 Å². The lowest BCUT2D eigenvalue weighted by Crippen LogP contribution is -3.13. The van der Waals surface area contributed by atoms with Gasteiger partial charge in [-0.1, -0.05) is 72.8 Å². The van der Waals surface area contributed by atoms with Gasteiger partial charge in [-0.05, 0) is 28.5 Å². The molecule has 0 aliphatic carbocycles. The van der Waals surface area contributed by atoms with Gasteiger partial charge in [0.05, 0.1) is 26.2 Å². The van der Waals surface area contributed by atoms with Crippen molar-refractivity contribution in [3.8, 4) is 0 Å². The van der Waals surface area contributed by atoms with Crippen LogP contribution in [0.2, 0.25) is 5.02 Å². The number of hydrogen-bond donors (Lipinski definition) is 2. The molecule has 0 radical (unpaired) electrons. The van der Waals surface area contributed by atoms with Crippen molar-refractivity contribution >= 4 is 28.1 Å². The first-order valence-electron chi connectivity index (χ1n) is 9.46. The number of quaternary nitrogens is 1. The second-order valence-corrected chi connectivity index (χ2v) is 7.56. The van der Waals surface area contributed by atoms with Crippen LogP contribution in [0.3, 0.4) is 0 Å². The molecule has 0 aromatic heterocycles. The van der Waals surface area contributed by atoms with Crippen LogP contribution in [0, 0.1) is 0 Å². The van der Waals surface area contributed by atoms with Crippen molar-refractivity contribution in [2.45, 2.75) is 6.54 Å². The number of nitrogens with one attached hydrogen (secondary N) is 2. The van der Waals surface area contributed by atoms with Gasteiger partial charge >= 0.3 is 0 Å². The summed E-state index contributed by atoms with van der Waals surface area (Å²) in [5, 5.41) is 5.64. The largest absolute Gasteiger partial charge is 0.329 e. The van der Waals surface area contributed by atoms with Gasteiger partial charge in [-0.25, -0.2) is 5.01 Å². The lowest BCUT2D eigenvalue weighted by atomic mass is 10.1. The lowest BCUT2D eigenvalue weighted by molar-refractivity contribution is -0.918. The minimum absolute atomic E-state index is 0.871. The van der Waals surface area contributed by atoms with Crippen molar-refractivity contribution in [1.29, 1.82) is 0 Å². The highest BCUT2D eigenvalue weighted by Crippen LogP contribution is 2.19. The Morgan fingerprint density at radius 3 is 2.44 bits per heavy atom. The van der Waals surface area contributed by atoms with Crippen LogP contribution in [-0.4, -0.2) is 31.2 Å². The van der Waals surface area contributed by atoms with E-state index in [1.165, 1.54) is 16.3 Å². The van der Waals surface area contributed by atoms with Gasteiger partial charge in [0.2, 0.25) is 0 Å². The Morgan fingerprint density at radius 2 is 1.67 bits per heavy atom. The van der Waals surface area contributed by atoms with Crippen molar-refractivity contribution in [3.63, 3.8) is 0 Å². The molecule has 4 heteroatoms. The minimum atomic E-state index is 0.871. The number of rotatable bonds is 5. The summed E-state index contributed by atoms with van der Waals surface area (Å²) in [5.74, 6) is 0. The van der Waals surface area contributed by atoms with Gasteiger partial charge in [-0.2, -0.15) is 0 Å². The summed E-state index contributed by atoms with van der Waals surface area (Å²) in [7, 11) is 0. The number of fused-ring (bicyclic) bond motifs is 1. The molecule has 1 aliphatic heterocycles. The monoisotopic (exact) mass is 378 g/mol. The summed E-state index contributed by atoms with van der Waals surface area (Å²) in [4.78, 5) is 1.57. The predicted molar refractivity (Wildman–Crippen MR) is 114 cm³/mol. The van der Waals surface area contributed by atoms with E-state index in [2.05, 4.69) is 71.6 Å². The van der Waals surface area contributed by atoms with Gasteiger partial charge in [-0.15, -0.1) is 0 Å². The van der Waals surface area contributed by atoms with Crippen molar-refractivity contribution < 1.29 is 4.90 Å². The molecule has 1 fully saturated rings. The molecule has 0 atom stereocenters. The standard InChI is InChI=1S/C23H24ClN3/c1-18(20-11-10-19-6-2-3-7-21(19)16-20)25-27-14-12-26(13-15-27)17-22-8-4-5-9-23(22)24/h2-11,16,25H,1,12-15,17H2/p+1. The Bertz CT molecular complexity index is 945. The fraction of sp³-hybridized carbons (Fsp3) is 0.217. The molecule has 138 valence electrons. The van der Waals surface area contributed by atoms with E-state index >= 15 is 0 Å². The Labute approximate surface area is 165 Å². The molecule has 0 bridgehead atoms. The van der Waals surface area contributed by atoms with E-state index in [0.29, 0.717) is 0 Å². The lowest BCUT2D eigenvalue weighted by Gasteiger charge is -2.33. The molecule has 0 spiro atoms. The zero-order chi connectivity index (χ0) is 18.6. The molecule has 1 saturated heterocycles. The highest BCUT2D eigenvalue weighted by molar-refractivity contribution is 6.31. The number of nitrogens with zero attached hydrogens (tertiary/aromatic N) is 1. The van der Waals surface area contributed by atoms with Crippen molar-refractivity contribution in [2.24, 2.45) is 0 Å². The van der Waals surface area contributed by atoms with Crippen LogP contribution in [0.4, 0.5) is 0 Å². The molecular formula is C23H25ClN3+. The molecule has 27 heavy (non-hydrogen) atoms. The molecule has 3 aromatic carbocycles. The molecule has 3 nitrogen and oxygen atoms in total. The first-order valence-corrected chi connectivity index (χ1v) is 9.83. The van der Waals surface area contributed by atoms with Gasteiger partial charge in [0.25, 0.3) is 0 Å². The van der Waals surface area contributed by atoms with E-state index in [9.17, 15) is 0 Å². The zero-order valence-corrected chi connectivity index (χ0v) is 16.2. The summed E-state index contributed by atoms with van der Waals surface area (Å²) in [5.41, 5.74) is 6.82. The molecule has 3 aromatic rings. The van der Waals surface area contributed by atoms with E-state index in [4.69, 9.17) is 11.6 Å². The smallest absolute Gasteiger partial charge is 0.104 e. The molecule has 0 amide bonds. The second-order valence-electron chi connectivity index (χ2n) is 7.16. The maximum Gasteiger partial charge on any atom is 0.104 e. The summed E-state index contributed by atoms with van der Waals surface area (Å²) >= 11 is 6.30. The maximum absolute atomic E-state index is 6.30. The highest BCUT2D eigenvalue weighted by Gasteiger charge is 2.21. The fourth-order valence-corrected chi connectivity index (χ4v) is 3.86. The Morgan fingerprint density at radius 1 is 0.963 bits per heavy atom. The molecule has 4 rings (SSSR count). The number of benzene rings is 3. The average molecular weight is 379 g/mol. The van der Waals surface area contributed by atoms with Gasteiger partial charge < -0.3 is 10.3 Å². The van der Waals surface area contributed by atoms with Crippen LogP contribution >= 0.6 is 11.6 Å². The Kier molecular flexibility index (Phi) is 5.44. The van der Waals surface area contributed by atoms with E-state index < -0.39 is 0 Å². The third-order valence-corrected chi connectivity index (χ3v) is 5.63. The van der Waals surface area contributed by atoms with Crippen LogP contribution in [0.15, 0.2) is 73.3 Å². The highest BCUT2D eigenvalue weighted by atomic mass is 35.5. The third-order valence-electron chi connectivity index (χ3n) is 5.26. The molecular weight excluding hydrogens is 354 g/mol. The van der Waals surface area contributed by atoms with Crippen LogP contribution in [0.1, 0.15) is 11.1 Å². The van der Waals surface area contributed by atoms with Gasteiger partial charge in [0.1, 0.15) is 6.54 Å². The average Bonchev–Trinajstić information content (AvgIpc) is 2.71. The zero-order valence-electron chi connectivity index (χ0n) is 15.4. The molecule has 2 N–H and O–H groups in total. The number of hydrogen-bond acceptors (Lipinski definition) is 2. The van der Waals surface area contributed by atoms with E-state index in [1.807, 2.05) is 12.1 Å². The van der Waals surface area contributed by atoms with Gasteiger partial charge in [0, 0.05) is 16.3 Å². The van der Waals surface area contributed by atoms with Crippen molar-refractivity contribution in [3.05, 3.63) is 89.5 Å². The molecule has 1 aliphatic rings. The number of halogens is 1. The summed E-state index contributed by atoms with van der Waals surface area (Å²) in [6.07, 6.45) is 0. The van der Waals surface area contributed by atoms with Crippen LogP contribution in [-0.2, 0) is 6.54 Å². The third kappa shape index (κ3) is 4.33. The molecule has 1 heterocycles. The summed E-state index contributed by atoms with van der Waals surface area (Å²) in [6.45, 7) is 9.39. The van der Waals surface area contributed by atoms with Gasteiger partial charge in [-0.3, -0.25) is 0 Å². The Balaban J connectivity index is 1.33. The van der Waals surface area contributed by atoms with Crippen LogP contribution in [0.5, 0.6) is 0 Å². The minimum Gasteiger partial charge on any atom is -0.329 e. The van der Waals surface area contributed by atoms with Crippen molar-refractivity contribution in [2.75, 3.05) is 26.2 Å². The predicted octanol–water partition coefficient (Wildman–Crippen LogP) is 3.37. The van der Waals surface area contributed by atoms with Crippen LogP contribution < -0.4 is 10.3 Å². The number of hydrazine groups is 1. The Hall–Kier alpha value is -2.33. The molecule has 0 unspecified atom stereocenters.